The Morgan fingerprint density at radius 1 is 1.75 bits per heavy atom. The van der Waals surface area contributed by atoms with Gasteiger partial charge in [0.25, 0.3) is 0 Å². The number of hydrogen-bond donors (Lipinski definition) is 1. The molecule has 0 rings (SSSR count). The van der Waals surface area contributed by atoms with Gasteiger partial charge < -0.3 is 5.73 Å². The fraction of sp³-hybridized carbons (Fsp3) is 0.667. The van der Waals surface area contributed by atoms with Gasteiger partial charge in [0.2, 0.25) is 5.91 Å². The number of primary amides is 1. The van der Waals surface area contributed by atoms with Crippen molar-refractivity contribution in [3.8, 4) is 0 Å². The Labute approximate surface area is 78.8 Å². The fourth-order valence-corrected chi connectivity index (χ4v) is 1.10. The number of halogens is 1. The lowest BCUT2D eigenvalue weighted by molar-refractivity contribution is -0.119. The number of alkyl halides is 1. The lowest BCUT2D eigenvalue weighted by atomic mass is 9.83. The van der Waals surface area contributed by atoms with Crippen LogP contribution in [0.25, 0.3) is 0 Å². The summed E-state index contributed by atoms with van der Waals surface area (Å²) in [7, 11) is 0. The summed E-state index contributed by atoms with van der Waals surface area (Å²) in [4.78, 5) is 10.8. The first kappa shape index (κ1) is 11.5. The summed E-state index contributed by atoms with van der Waals surface area (Å²) < 4.78 is 0. The smallest absolute Gasteiger partial charge is 0.236 e. The second-order valence-corrected chi connectivity index (χ2v) is 4.02. The van der Waals surface area contributed by atoms with Gasteiger partial charge in [-0.3, -0.25) is 4.79 Å². The summed E-state index contributed by atoms with van der Waals surface area (Å²) in [5.41, 5.74) is 4.85. The Balaban J connectivity index is 4.17. The molecule has 1 amide bonds. The number of carbonyl (C=O) groups is 1. The minimum absolute atomic E-state index is 0.248. The van der Waals surface area contributed by atoms with Gasteiger partial charge in [-0.2, -0.15) is 0 Å². The van der Waals surface area contributed by atoms with Crippen molar-refractivity contribution < 1.29 is 4.79 Å². The molecule has 2 N–H and O–H groups in total. The average Bonchev–Trinajstić information content (AvgIpc) is 1.99. The average molecular weight is 190 g/mol. The zero-order valence-electron chi connectivity index (χ0n) is 7.64. The predicted molar refractivity (Wildman–Crippen MR) is 52.0 cm³/mol. The third kappa shape index (κ3) is 3.26. The maximum absolute atomic E-state index is 10.8. The number of hydrogen-bond acceptors (Lipinski definition) is 1. The summed E-state index contributed by atoms with van der Waals surface area (Å²) >= 11 is 5.83. The molecule has 0 heterocycles. The number of nitrogens with two attached hydrogens (primary N) is 1. The molecule has 1 unspecified atom stereocenters. The van der Waals surface area contributed by atoms with E-state index in [-0.39, 0.29) is 5.41 Å². The van der Waals surface area contributed by atoms with Crippen molar-refractivity contribution in [3.63, 3.8) is 0 Å². The van der Waals surface area contributed by atoms with Crippen molar-refractivity contribution in [1.29, 1.82) is 0 Å². The molecule has 0 aliphatic carbocycles. The van der Waals surface area contributed by atoms with Gasteiger partial charge in [0.1, 0.15) is 5.38 Å². The fourth-order valence-electron chi connectivity index (χ4n) is 0.986. The Kier molecular flexibility index (Phi) is 4.32. The summed E-state index contributed by atoms with van der Waals surface area (Å²) in [6, 6.07) is 0. The van der Waals surface area contributed by atoms with Crippen molar-refractivity contribution in [1.82, 2.24) is 0 Å². The highest BCUT2D eigenvalue weighted by atomic mass is 35.5. The number of amides is 1. The Morgan fingerprint density at radius 3 is 2.58 bits per heavy atom. The topological polar surface area (TPSA) is 43.1 Å². The van der Waals surface area contributed by atoms with Crippen LogP contribution in [0, 0.1) is 5.41 Å². The summed E-state index contributed by atoms with van der Waals surface area (Å²) in [6.45, 7) is 7.47. The molecule has 0 radical (unpaired) electrons. The number of allylic oxidation sites excluding steroid dienone is 1. The second kappa shape index (κ2) is 4.51. The van der Waals surface area contributed by atoms with E-state index in [2.05, 4.69) is 6.58 Å². The van der Waals surface area contributed by atoms with Crippen LogP contribution in [0.2, 0.25) is 0 Å². The van der Waals surface area contributed by atoms with E-state index in [1.54, 1.807) is 0 Å². The lowest BCUT2D eigenvalue weighted by Gasteiger charge is -2.27. The highest BCUT2D eigenvalue weighted by Gasteiger charge is 2.31. The van der Waals surface area contributed by atoms with Crippen molar-refractivity contribution in [2.45, 2.75) is 32.1 Å². The van der Waals surface area contributed by atoms with Crippen LogP contribution in [0.1, 0.15) is 26.7 Å². The van der Waals surface area contributed by atoms with Crippen LogP contribution in [0.4, 0.5) is 0 Å². The van der Waals surface area contributed by atoms with Gasteiger partial charge in [-0.25, -0.2) is 0 Å². The van der Waals surface area contributed by atoms with Crippen molar-refractivity contribution >= 4 is 17.5 Å². The molecule has 0 bridgehead atoms. The highest BCUT2D eigenvalue weighted by molar-refractivity contribution is 6.31. The molecule has 3 heteroatoms. The Bertz CT molecular complexity index is 177. The number of rotatable bonds is 5. The van der Waals surface area contributed by atoms with Crippen LogP contribution in [-0.2, 0) is 4.79 Å². The van der Waals surface area contributed by atoms with E-state index in [9.17, 15) is 4.79 Å². The van der Waals surface area contributed by atoms with Crippen LogP contribution < -0.4 is 5.73 Å². The molecule has 12 heavy (non-hydrogen) atoms. The molecular weight excluding hydrogens is 174 g/mol. The standard InChI is InChI=1S/C9H16ClNO/c1-4-5-6-9(2,3)7(10)8(11)12/h4,7H,1,5-6H2,2-3H3,(H2,11,12). The molecule has 0 fully saturated rings. The predicted octanol–water partition coefficient (Wildman–Crippen LogP) is 2.07. The van der Waals surface area contributed by atoms with E-state index in [4.69, 9.17) is 17.3 Å². The molecule has 0 saturated carbocycles. The van der Waals surface area contributed by atoms with E-state index in [0.29, 0.717) is 0 Å². The van der Waals surface area contributed by atoms with Crippen LogP contribution in [0.15, 0.2) is 12.7 Å². The summed E-state index contributed by atoms with van der Waals surface area (Å²) in [5, 5.41) is -0.600. The normalized spacial score (nSPS) is 13.9. The van der Waals surface area contributed by atoms with Gasteiger partial charge in [0.05, 0.1) is 0 Å². The second-order valence-electron chi connectivity index (χ2n) is 3.58. The molecule has 0 spiro atoms. The molecule has 0 aliphatic rings. The van der Waals surface area contributed by atoms with Crippen LogP contribution in [0.3, 0.4) is 0 Å². The van der Waals surface area contributed by atoms with Gasteiger partial charge >= 0.3 is 0 Å². The van der Waals surface area contributed by atoms with Crippen LogP contribution >= 0.6 is 11.6 Å². The number of carbonyl (C=O) groups excluding carboxylic acids is 1. The monoisotopic (exact) mass is 189 g/mol. The zero-order chi connectivity index (χ0) is 9.78. The lowest BCUT2D eigenvalue weighted by Crippen LogP contribution is -2.36. The Morgan fingerprint density at radius 2 is 2.25 bits per heavy atom. The molecular formula is C9H16ClNO. The van der Waals surface area contributed by atoms with Crippen molar-refractivity contribution in [3.05, 3.63) is 12.7 Å². The molecule has 1 atom stereocenters. The molecule has 70 valence electrons. The van der Waals surface area contributed by atoms with Gasteiger partial charge in [0, 0.05) is 0 Å². The van der Waals surface area contributed by atoms with Crippen LogP contribution in [-0.4, -0.2) is 11.3 Å². The van der Waals surface area contributed by atoms with E-state index >= 15 is 0 Å². The molecule has 2 nitrogen and oxygen atoms in total. The minimum Gasteiger partial charge on any atom is -0.368 e. The van der Waals surface area contributed by atoms with E-state index in [1.165, 1.54) is 0 Å². The summed E-state index contributed by atoms with van der Waals surface area (Å²) in [5.74, 6) is -0.453. The largest absolute Gasteiger partial charge is 0.368 e. The van der Waals surface area contributed by atoms with E-state index in [1.807, 2.05) is 19.9 Å². The van der Waals surface area contributed by atoms with Gasteiger partial charge in [-0.1, -0.05) is 19.9 Å². The first-order valence-electron chi connectivity index (χ1n) is 3.96. The third-order valence-corrected chi connectivity index (χ3v) is 2.73. The molecule has 0 saturated heterocycles. The van der Waals surface area contributed by atoms with Crippen molar-refractivity contribution in [2.24, 2.45) is 11.1 Å². The maximum atomic E-state index is 10.8. The van der Waals surface area contributed by atoms with Gasteiger partial charge in [-0.05, 0) is 18.3 Å². The van der Waals surface area contributed by atoms with E-state index < -0.39 is 11.3 Å². The third-order valence-electron chi connectivity index (χ3n) is 1.93. The van der Waals surface area contributed by atoms with E-state index in [0.717, 1.165) is 12.8 Å². The van der Waals surface area contributed by atoms with Crippen LogP contribution in [0.5, 0.6) is 0 Å². The van der Waals surface area contributed by atoms with Gasteiger partial charge in [0.15, 0.2) is 0 Å². The quantitative estimate of drug-likeness (QED) is 0.522. The maximum Gasteiger partial charge on any atom is 0.236 e. The Hall–Kier alpha value is -0.500. The molecule has 0 aliphatic heterocycles. The molecule has 0 aromatic heterocycles. The summed E-state index contributed by atoms with van der Waals surface area (Å²) in [6.07, 6.45) is 3.49. The molecule has 0 aromatic carbocycles. The first-order chi connectivity index (χ1) is 5.41. The van der Waals surface area contributed by atoms with Gasteiger partial charge in [-0.15, -0.1) is 18.2 Å². The van der Waals surface area contributed by atoms with Crippen molar-refractivity contribution in [2.75, 3.05) is 0 Å². The zero-order valence-corrected chi connectivity index (χ0v) is 8.40. The SMILES string of the molecule is C=CCCC(C)(C)C(Cl)C(N)=O. The minimum atomic E-state index is -0.600. The molecule has 0 aromatic rings. The first-order valence-corrected chi connectivity index (χ1v) is 4.39. The highest BCUT2D eigenvalue weighted by Crippen LogP contribution is 2.30.